The van der Waals surface area contributed by atoms with E-state index >= 15 is 0 Å². The number of nitrogens with two attached hydrogens (primary N) is 1. The first-order valence-electron chi connectivity index (χ1n) is 4.45. The van der Waals surface area contributed by atoms with Gasteiger partial charge in [-0.3, -0.25) is 0 Å². The lowest BCUT2D eigenvalue weighted by atomic mass is 10.1. The highest BCUT2D eigenvalue weighted by Gasteiger charge is 2.14. The van der Waals surface area contributed by atoms with E-state index in [4.69, 9.17) is 10.5 Å². The monoisotopic (exact) mass is 261 g/mol. The highest BCUT2D eigenvalue weighted by molar-refractivity contribution is 9.10. The molecule has 0 spiro atoms. The largest absolute Gasteiger partial charge is 0.372 e. The Kier molecular flexibility index (Phi) is 4.51. The molecule has 1 aromatic carbocycles. The van der Waals surface area contributed by atoms with Gasteiger partial charge in [0.2, 0.25) is 0 Å². The average molecular weight is 262 g/mol. The molecule has 0 heterocycles. The van der Waals surface area contributed by atoms with Crippen molar-refractivity contribution in [2.45, 2.75) is 13.0 Å². The van der Waals surface area contributed by atoms with Crippen LogP contribution in [-0.2, 0) is 4.74 Å². The van der Waals surface area contributed by atoms with Crippen LogP contribution in [0.15, 0.2) is 22.7 Å². The molecule has 0 radical (unpaired) electrons. The maximum Gasteiger partial charge on any atom is 0.130 e. The van der Waals surface area contributed by atoms with Crippen molar-refractivity contribution in [3.8, 4) is 0 Å². The Morgan fingerprint density at radius 2 is 2.29 bits per heavy atom. The van der Waals surface area contributed by atoms with Gasteiger partial charge >= 0.3 is 0 Å². The van der Waals surface area contributed by atoms with Crippen LogP contribution in [0.3, 0.4) is 0 Å². The first-order chi connectivity index (χ1) is 6.69. The molecular weight excluding hydrogens is 249 g/mol. The number of halogens is 2. The molecule has 1 aromatic rings. The van der Waals surface area contributed by atoms with E-state index in [0.29, 0.717) is 16.6 Å². The van der Waals surface area contributed by atoms with E-state index in [-0.39, 0.29) is 18.5 Å². The summed E-state index contributed by atoms with van der Waals surface area (Å²) in [4.78, 5) is 0. The van der Waals surface area contributed by atoms with Crippen molar-refractivity contribution in [3.63, 3.8) is 0 Å². The van der Waals surface area contributed by atoms with E-state index in [0.717, 1.165) is 0 Å². The molecule has 0 aliphatic rings. The molecule has 4 heteroatoms. The van der Waals surface area contributed by atoms with Crippen LogP contribution < -0.4 is 5.73 Å². The summed E-state index contributed by atoms with van der Waals surface area (Å²) in [7, 11) is 0. The minimum Gasteiger partial charge on any atom is -0.372 e. The molecule has 0 bridgehead atoms. The topological polar surface area (TPSA) is 35.2 Å². The van der Waals surface area contributed by atoms with Crippen LogP contribution in [-0.4, -0.2) is 13.2 Å². The Labute approximate surface area is 91.4 Å². The van der Waals surface area contributed by atoms with Crippen molar-refractivity contribution < 1.29 is 9.13 Å². The van der Waals surface area contributed by atoms with E-state index in [1.165, 1.54) is 6.07 Å². The smallest absolute Gasteiger partial charge is 0.130 e. The summed E-state index contributed by atoms with van der Waals surface area (Å²) >= 11 is 3.19. The molecule has 0 aromatic heterocycles. The molecule has 0 amide bonds. The molecule has 2 N–H and O–H groups in total. The third-order valence-electron chi connectivity index (χ3n) is 1.89. The molecule has 1 rings (SSSR count). The van der Waals surface area contributed by atoms with Gasteiger partial charge in [0.15, 0.2) is 0 Å². The Hall–Kier alpha value is -0.450. The number of benzene rings is 1. The van der Waals surface area contributed by atoms with Gasteiger partial charge in [-0.05, 0) is 19.1 Å². The second kappa shape index (κ2) is 5.44. The molecule has 1 unspecified atom stereocenters. The maximum atomic E-state index is 13.4. The summed E-state index contributed by atoms with van der Waals surface area (Å²) < 4.78 is 19.5. The quantitative estimate of drug-likeness (QED) is 0.905. The summed E-state index contributed by atoms with van der Waals surface area (Å²) in [6.45, 7) is 2.67. The number of hydrogen-bond donors (Lipinski definition) is 1. The van der Waals surface area contributed by atoms with E-state index in [9.17, 15) is 4.39 Å². The Morgan fingerprint density at radius 1 is 1.57 bits per heavy atom. The third-order valence-corrected chi connectivity index (χ3v) is 2.38. The fourth-order valence-corrected chi connectivity index (χ4v) is 1.58. The molecule has 0 saturated carbocycles. The number of rotatable bonds is 4. The second-order valence-electron chi connectivity index (χ2n) is 2.85. The van der Waals surface area contributed by atoms with Crippen molar-refractivity contribution in [2.24, 2.45) is 5.73 Å². The van der Waals surface area contributed by atoms with Gasteiger partial charge in [-0.2, -0.15) is 0 Å². The standard InChI is InChI=1S/C10H13BrFNO/c1-2-14-10(6-13)8-4-3-7(11)5-9(8)12/h3-5,10H,2,6,13H2,1H3. The van der Waals surface area contributed by atoms with Crippen molar-refractivity contribution in [3.05, 3.63) is 34.1 Å². The van der Waals surface area contributed by atoms with Gasteiger partial charge in [-0.1, -0.05) is 22.0 Å². The molecule has 2 nitrogen and oxygen atoms in total. The van der Waals surface area contributed by atoms with Crippen LogP contribution in [0.4, 0.5) is 4.39 Å². The summed E-state index contributed by atoms with van der Waals surface area (Å²) in [6.07, 6.45) is -0.354. The molecule has 0 aliphatic heterocycles. The molecule has 1 atom stereocenters. The SMILES string of the molecule is CCOC(CN)c1ccc(Br)cc1F. The van der Waals surface area contributed by atoms with Gasteiger partial charge in [0.25, 0.3) is 0 Å². The fourth-order valence-electron chi connectivity index (χ4n) is 1.25. The van der Waals surface area contributed by atoms with E-state index in [1.807, 2.05) is 6.92 Å². The Bertz CT molecular complexity index is 306. The van der Waals surface area contributed by atoms with Gasteiger partial charge in [0, 0.05) is 23.2 Å². The van der Waals surface area contributed by atoms with Crippen LogP contribution in [0.1, 0.15) is 18.6 Å². The Balaban J connectivity index is 2.92. The predicted molar refractivity (Wildman–Crippen MR) is 57.5 cm³/mol. The van der Waals surface area contributed by atoms with Crippen LogP contribution in [0, 0.1) is 5.82 Å². The van der Waals surface area contributed by atoms with Crippen LogP contribution in [0.25, 0.3) is 0 Å². The summed E-state index contributed by atoms with van der Waals surface area (Å²) in [5.41, 5.74) is 6.01. The summed E-state index contributed by atoms with van der Waals surface area (Å²) in [6, 6.07) is 4.88. The van der Waals surface area contributed by atoms with Crippen molar-refractivity contribution in [1.82, 2.24) is 0 Å². The van der Waals surface area contributed by atoms with E-state index in [1.54, 1.807) is 12.1 Å². The lowest BCUT2D eigenvalue weighted by Crippen LogP contribution is -2.17. The van der Waals surface area contributed by atoms with Gasteiger partial charge in [-0.15, -0.1) is 0 Å². The summed E-state index contributed by atoms with van der Waals surface area (Å²) in [5.74, 6) is -0.289. The third kappa shape index (κ3) is 2.77. The zero-order valence-electron chi connectivity index (χ0n) is 7.97. The zero-order valence-corrected chi connectivity index (χ0v) is 9.55. The highest BCUT2D eigenvalue weighted by atomic mass is 79.9. The van der Waals surface area contributed by atoms with Crippen LogP contribution >= 0.6 is 15.9 Å². The Morgan fingerprint density at radius 3 is 2.79 bits per heavy atom. The maximum absolute atomic E-state index is 13.4. The lowest BCUT2D eigenvalue weighted by molar-refractivity contribution is 0.0662. The molecule has 14 heavy (non-hydrogen) atoms. The molecule has 0 fully saturated rings. The molecule has 78 valence electrons. The minimum atomic E-state index is -0.354. The van der Waals surface area contributed by atoms with E-state index in [2.05, 4.69) is 15.9 Å². The van der Waals surface area contributed by atoms with Gasteiger partial charge < -0.3 is 10.5 Å². The summed E-state index contributed by atoms with van der Waals surface area (Å²) in [5, 5.41) is 0. The predicted octanol–water partition coefficient (Wildman–Crippen LogP) is 2.62. The van der Waals surface area contributed by atoms with Gasteiger partial charge in [-0.25, -0.2) is 4.39 Å². The number of hydrogen-bond acceptors (Lipinski definition) is 2. The van der Waals surface area contributed by atoms with Gasteiger partial charge in [0.1, 0.15) is 5.82 Å². The normalized spacial score (nSPS) is 12.9. The molecule has 0 saturated heterocycles. The highest BCUT2D eigenvalue weighted by Crippen LogP contribution is 2.22. The minimum absolute atomic E-state index is 0.284. The number of ether oxygens (including phenoxy) is 1. The first kappa shape index (κ1) is 11.6. The van der Waals surface area contributed by atoms with Crippen molar-refractivity contribution >= 4 is 15.9 Å². The van der Waals surface area contributed by atoms with Crippen LogP contribution in [0.5, 0.6) is 0 Å². The van der Waals surface area contributed by atoms with Gasteiger partial charge in [0.05, 0.1) is 6.10 Å². The fraction of sp³-hybridized carbons (Fsp3) is 0.400. The van der Waals surface area contributed by atoms with E-state index < -0.39 is 0 Å². The average Bonchev–Trinajstić information content (AvgIpc) is 2.15. The van der Waals surface area contributed by atoms with Crippen molar-refractivity contribution in [2.75, 3.05) is 13.2 Å². The first-order valence-corrected chi connectivity index (χ1v) is 5.25. The van der Waals surface area contributed by atoms with Crippen molar-refractivity contribution in [1.29, 1.82) is 0 Å². The van der Waals surface area contributed by atoms with Crippen LogP contribution in [0.2, 0.25) is 0 Å². The zero-order chi connectivity index (χ0) is 10.6. The molecular formula is C10H13BrFNO. The lowest BCUT2D eigenvalue weighted by Gasteiger charge is -2.15. The molecule has 0 aliphatic carbocycles. The second-order valence-corrected chi connectivity index (χ2v) is 3.76.